The molecule has 0 N–H and O–H groups in total. The number of hydrogen-bond donors (Lipinski definition) is 0. The molecular weight excluding hydrogens is 316 g/mol. The molecule has 0 aromatic heterocycles. The van der Waals surface area contributed by atoms with Gasteiger partial charge in [-0.15, -0.1) is 0 Å². The van der Waals surface area contributed by atoms with Crippen LogP contribution in [0.1, 0.15) is 0 Å². The highest BCUT2D eigenvalue weighted by Gasteiger charge is 2.66. The fraction of sp³-hybridized carbons (Fsp3) is 0.667. The molecule has 19 heavy (non-hydrogen) atoms. The Morgan fingerprint density at radius 1 is 0.526 bits per heavy atom. The minimum absolute atomic E-state index is 1.72. The van der Waals surface area contributed by atoms with Gasteiger partial charge in [0.25, 0.3) is 0 Å². The monoisotopic (exact) mass is 316 g/mol. The Hall–Kier alpha value is -0.880. The van der Waals surface area contributed by atoms with Gasteiger partial charge in [0.15, 0.2) is 0 Å². The van der Waals surface area contributed by atoms with Crippen LogP contribution in [-0.4, -0.2) is 24.1 Å². The summed E-state index contributed by atoms with van der Waals surface area (Å²) >= 11 is 0. The average Bonchev–Trinajstić information content (AvgIpc) is 2.12. The molecule has 0 aliphatic heterocycles. The lowest BCUT2D eigenvalue weighted by atomic mass is 10.2. The predicted octanol–water partition coefficient (Wildman–Crippen LogP) is 4.32. The van der Waals surface area contributed by atoms with E-state index >= 15 is 0 Å². The molecule has 2 unspecified atom stereocenters. The number of hydrogen-bond acceptors (Lipinski definition) is 1. The zero-order valence-electron chi connectivity index (χ0n) is 7.94. The Bertz CT molecular complexity index is 276. The lowest BCUT2D eigenvalue weighted by Crippen LogP contribution is -2.57. The van der Waals surface area contributed by atoms with Crippen LogP contribution in [0.4, 0.5) is 52.7 Å². The second kappa shape index (κ2) is 4.90. The molecule has 0 bridgehead atoms. The number of alkyl halides is 8. The Morgan fingerprint density at radius 3 is 0.842 bits per heavy atom. The topological polar surface area (TPSA) is 9.23 Å². The van der Waals surface area contributed by atoms with Crippen LogP contribution in [0.5, 0.6) is 0 Å². The SMILES string of the molecule is F[C-](F)C(F)(OC(F)([C-](F)F)C(F)(F)F)C(F)(F)F. The second-order valence-electron chi connectivity index (χ2n) is 2.81. The summed E-state index contributed by atoms with van der Waals surface area (Å²) in [6, 6.07) is 0. The van der Waals surface area contributed by atoms with Crippen LogP contribution in [0.15, 0.2) is 0 Å². The Morgan fingerprint density at radius 2 is 0.737 bits per heavy atom. The molecule has 0 aromatic rings. The predicted molar refractivity (Wildman–Crippen MR) is 31.8 cm³/mol. The van der Waals surface area contributed by atoms with E-state index in [1.165, 1.54) is 0 Å². The lowest BCUT2D eigenvalue weighted by molar-refractivity contribution is -0.442. The summed E-state index contributed by atoms with van der Waals surface area (Å²) in [5.74, 6) is -13.3. The third kappa shape index (κ3) is 3.17. The first-order chi connectivity index (χ1) is 8.09. The molecule has 0 spiro atoms. The van der Waals surface area contributed by atoms with Gasteiger partial charge in [-0.1, -0.05) is 0 Å². The highest BCUT2D eigenvalue weighted by atomic mass is 19.4. The van der Waals surface area contributed by atoms with Crippen LogP contribution in [-0.2, 0) is 4.74 Å². The van der Waals surface area contributed by atoms with Crippen molar-refractivity contribution in [1.82, 2.24) is 0 Å². The van der Waals surface area contributed by atoms with Gasteiger partial charge in [-0.3, -0.25) is 0 Å². The minimum atomic E-state index is -6.93. The number of halogens is 12. The van der Waals surface area contributed by atoms with Gasteiger partial charge >= 0.3 is 12.4 Å². The number of ether oxygens (including phenoxy) is 1. The summed E-state index contributed by atoms with van der Waals surface area (Å²) in [6.07, 6.45) is -22.9. The molecule has 0 aliphatic rings. The average molecular weight is 316 g/mol. The molecule has 0 aliphatic carbocycles. The van der Waals surface area contributed by atoms with Crippen LogP contribution in [0, 0.1) is 12.9 Å². The first kappa shape index (κ1) is 18.1. The van der Waals surface area contributed by atoms with E-state index in [4.69, 9.17) is 0 Å². The summed E-state index contributed by atoms with van der Waals surface area (Å²) < 4.78 is 144. The van der Waals surface area contributed by atoms with Crippen LogP contribution in [0.25, 0.3) is 0 Å². The second-order valence-corrected chi connectivity index (χ2v) is 2.81. The molecule has 116 valence electrons. The van der Waals surface area contributed by atoms with Crippen molar-refractivity contribution < 1.29 is 57.4 Å². The summed E-state index contributed by atoms with van der Waals surface area (Å²) in [7, 11) is 0. The first-order valence-corrected chi connectivity index (χ1v) is 3.68. The van der Waals surface area contributed by atoms with Gasteiger partial charge < -0.3 is 22.3 Å². The molecule has 13 heteroatoms. The maximum absolute atomic E-state index is 12.6. The molecule has 0 aromatic carbocycles. The molecule has 1 nitrogen and oxygen atoms in total. The van der Waals surface area contributed by atoms with Crippen LogP contribution in [0.2, 0.25) is 0 Å². The van der Waals surface area contributed by atoms with E-state index < -0.39 is 36.9 Å². The van der Waals surface area contributed by atoms with Gasteiger partial charge in [0, 0.05) is 0 Å². The van der Waals surface area contributed by atoms with Gasteiger partial charge in [-0.25, -0.2) is 8.78 Å². The summed E-state index contributed by atoms with van der Waals surface area (Å²) in [4.78, 5) is 0. The fourth-order valence-corrected chi connectivity index (χ4v) is 0.601. The van der Waals surface area contributed by atoms with E-state index in [0.717, 1.165) is 0 Å². The van der Waals surface area contributed by atoms with Gasteiger partial charge in [-0.05, 0) is 0 Å². The smallest absolute Gasteiger partial charge is 0.415 e. The summed E-state index contributed by atoms with van der Waals surface area (Å²) in [5, 5.41) is 0. The molecule has 0 rings (SSSR count). The van der Waals surface area contributed by atoms with Gasteiger partial charge in [0.2, 0.25) is 11.7 Å². The van der Waals surface area contributed by atoms with E-state index in [0.29, 0.717) is 0 Å². The van der Waals surface area contributed by atoms with Crippen molar-refractivity contribution in [3.8, 4) is 0 Å². The minimum Gasteiger partial charge on any atom is -0.415 e. The largest absolute Gasteiger partial charge is 0.422 e. The van der Waals surface area contributed by atoms with Crippen LogP contribution in [0.3, 0.4) is 0 Å². The van der Waals surface area contributed by atoms with Crippen LogP contribution < -0.4 is 0 Å². The van der Waals surface area contributed by atoms with E-state index in [1.54, 1.807) is 4.74 Å². The summed E-state index contributed by atoms with van der Waals surface area (Å²) in [6.45, 7) is 0. The molecule has 0 amide bonds. The molecule has 0 heterocycles. The number of rotatable bonds is 4. The van der Waals surface area contributed by atoms with E-state index in [9.17, 15) is 52.7 Å². The van der Waals surface area contributed by atoms with Crippen molar-refractivity contribution in [3.63, 3.8) is 0 Å². The fourth-order valence-electron chi connectivity index (χ4n) is 0.601. The molecule has 2 atom stereocenters. The zero-order valence-corrected chi connectivity index (χ0v) is 7.94. The molecule has 0 saturated heterocycles. The van der Waals surface area contributed by atoms with E-state index in [2.05, 4.69) is 0 Å². The normalized spacial score (nSPS) is 20.5. The summed E-state index contributed by atoms with van der Waals surface area (Å²) in [5.41, 5.74) is 0. The quantitative estimate of drug-likeness (QED) is 0.554. The van der Waals surface area contributed by atoms with Gasteiger partial charge in [-0.2, -0.15) is 26.3 Å². The third-order valence-electron chi connectivity index (χ3n) is 1.50. The van der Waals surface area contributed by atoms with E-state index in [-0.39, 0.29) is 0 Å². The van der Waals surface area contributed by atoms with Gasteiger partial charge in [0.1, 0.15) is 0 Å². The van der Waals surface area contributed by atoms with Crippen molar-refractivity contribution in [2.45, 2.75) is 24.1 Å². The molecular formula is C6F12O-2. The molecule has 0 radical (unpaired) electrons. The third-order valence-corrected chi connectivity index (χ3v) is 1.50. The molecule has 0 saturated carbocycles. The first-order valence-electron chi connectivity index (χ1n) is 3.68. The van der Waals surface area contributed by atoms with E-state index in [1.807, 2.05) is 0 Å². The lowest BCUT2D eigenvalue weighted by Gasteiger charge is -2.45. The van der Waals surface area contributed by atoms with Gasteiger partial charge in [0.05, 0.1) is 12.9 Å². The van der Waals surface area contributed by atoms with Crippen molar-refractivity contribution in [3.05, 3.63) is 12.9 Å². The highest BCUT2D eigenvalue weighted by Crippen LogP contribution is 2.52. The van der Waals surface area contributed by atoms with Crippen molar-refractivity contribution in [2.24, 2.45) is 0 Å². The Balaban J connectivity index is 5.69. The van der Waals surface area contributed by atoms with Crippen molar-refractivity contribution in [2.75, 3.05) is 0 Å². The van der Waals surface area contributed by atoms with Crippen LogP contribution >= 0.6 is 0 Å². The Labute approximate surface area is 95.7 Å². The van der Waals surface area contributed by atoms with Crippen molar-refractivity contribution in [1.29, 1.82) is 0 Å². The van der Waals surface area contributed by atoms with Crippen molar-refractivity contribution >= 4 is 0 Å². The Kier molecular flexibility index (Phi) is 4.68. The maximum Gasteiger partial charge on any atom is 0.422 e. The molecule has 0 fully saturated rings. The maximum atomic E-state index is 12.6. The zero-order chi connectivity index (χ0) is 15.9. The highest BCUT2D eigenvalue weighted by molar-refractivity contribution is 5.00. The standard InChI is InChI=1S/C6F12O/c7-1(8)3(11,5(13,14)15)19-4(12,2(9)10)6(16,17)18/q-2.